The zero-order valence-corrected chi connectivity index (χ0v) is 16.9. The Hall–Kier alpha value is -3.30. The summed E-state index contributed by atoms with van der Waals surface area (Å²) in [6, 6.07) is 13.9. The molecule has 0 saturated heterocycles. The predicted octanol–water partition coefficient (Wildman–Crippen LogP) is 1.59. The zero-order valence-electron chi connectivity index (χ0n) is 16.9. The van der Waals surface area contributed by atoms with E-state index >= 15 is 0 Å². The van der Waals surface area contributed by atoms with Gasteiger partial charge in [0, 0.05) is 18.2 Å². The molecule has 30 heavy (non-hydrogen) atoms. The first-order valence-corrected chi connectivity index (χ1v) is 9.84. The SMILES string of the molecule is COc1ccc([C@H]2NC3=NCN(CCO)CN3c3nc4ccccc4n32)c(OC)c1. The van der Waals surface area contributed by atoms with Crippen LogP contribution in [0.5, 0.6) is 11.5 Å². The van der Waals surface area contributed by atoms with Crippen molar-refractivity contribution in [1.82, 2.24) is 19.8 Å². The molecule has 0 aliphatic carbocycles. The Morgan fingerprint density at radius 2 is 2.03 bits per heavy atom. The third-order valence-electron chi connectivity index (χ3n) is 5.51. The number of imidazole rings is 1. The largest absolute Gasteiger partial charge is 0.497 e. The molecule has 3 heterocycles. The average molecular weight is 408 g/mol. The summed E-state index contributed by atoms with van der Waals surface area (Å²) in [5, 5.41) is 12.9. The lowest BCUT2D eigenvalue weighted by atomic mass is 10.1. The molecule has 1 aromatic heterocycles. The summed E-state index contributed by atoms with van der Waals surface area (Å²) < 4.78 is 13.2. The highest BCUT2D eigenvalue weighted by molar-refractivity contribution is 5.99. The molecule has 2 N–H and O–H groups in total. The highest BCUT2D eigenvalue weighted by Crippen LogP contribution is 2.38. The molecule has 9 nitrogen and oxygen atoms in total. The number of aliphatic hydroxyl groups excluding tert-OH is 1. The van der Waals surface area contributed by atoms with Crippen molar-refractivity contribution in [1.29, 1.82) is 0 Å². The van der Waals surface area contributed by atoms with Crippen LogP contribution in [0.25, 0.3) is 11.0 Å². The van der Waals surface area contributed by atoms with Gasteiger partial charge in [-0.25, -0.2) is 9.98 Å². The predicted molar refractivity (Wildman–Crippen MR) is 114 cm³/mol. The van der Waals surface area contributed by atoms with Crippen LogP contribution in [0.3, 0.4) is 0 Å². The van der Waals surface area contributed by atoms with Crippen molar-refractivity contribution in [2.24, 2.45) is 4.99 Å². The van der Waals surface area contributed by atoms with Gasteiger partial charge in [-0.2, -0.15) is 0 Å². The Labute approximate surface area is 174 Å². The minimum absolute atomic E-state index is 0.0915. The van der Waals surface area contributed by atoms with Crippen molar-refractivity contribution in [3.05, 3.63) is 48.0 Å². The molecule has 156 valence electrons. The quantitative estimate of drug-likeness (QED) is 0.663. The molecule has 3 aromatic rings. The minimum atomic E-state index is -0.243. The Morgan fingerprint density at radius 3 is 2.83 bits per heavy atom. The summed E-state index contributed by atoms with van der Waals surface area (Å²) >= 11 is 0. The van der Waals surface area contributed by atoms with Crippen molar-refractivity contribution in [3.8, 4) is 11.5 Å². The molecule has 0 saturated carbocycles. The van der Waals surface area contributed by atoms with Crippen LogP contribution in [0.1, 0.15) is 11.7 Å². The van der Waals surface area contributed by atoms with Gasteiger partial charge >= 0.3 is 0 Å². The molecule has 0 amide bonds. The smallest absolute Gasteiger partial charge is 0.216 e. The van der Waals surface area contributed by atoms with E-state index in [1.807, 2.05) is 41.3 Å². The monoisotopic (exact) mass is 408 g/mol. The summed E-state index contributed by atoms with van der Waals surface area (Å²) in [7, 11) is 3.30. The molecule has 0 spiro atoms. The first kappa shape index (κ1) is 18.7. The third-order valence-corrected chi connectivity index (χ3v) is 5.51. The number of benzene rings is 2. The third kappa shape index (κ3) is 2.94. The van der Waals surface area contributed by atoms with E-state index in [-0.39, 0.29) is 12.8 Å². The normalized spacial score (nSPS) is 18.4. The van der Waals surface area contributed by atoms with Crippen molar-refractivity contribution in [3.63, 3.8) is 0 Å². The van der Waals surface area contributed by atoms with E-state index in [1.54, 1.807) is 14.2 Å². The first-order chi connectivity index (χ1) is 14.7. The molecule has 0 bridgehead atoms. The van der Waals surface area contributed by atoms with Gasteiger partial charge in [-0.3, -0.25) is 14.4 Å². The molecular formula is C21H24N6O3. The molecule has 5 rings (SSSR count). The highest BCUT2D eigenvalue weighted by atomic mass is 16.5. The number of rotatable bonds is 5. The molecule has 2 aromatic carbocycles. The molecule has 0 radical (unpaired) electrons. The summed E-state index contributed by atoms with van der Waals surface area (Å²) in [5.74, 6) is 3.02. The summed E-state index contributed by atoms with van der Waals surface area (Å²) in [4.78, 5) is 13.7. The van der Waals surface area contributed by atoms with Crippen LogP contribution in [0.15, 0.2) is 47.5 Å². The lowest BCUT2D eigenvalue weighted by molar-refractivity contribution is 0.195. The van der Waals surface area contributed by atoms with Crippen LogP contribution < -0.4 is 19.7 Å². The van der Waals surface area contributed by atoms with Crippen LogP contribution >= 0.6 is 0 Å². The Balaban J connectivity index is 1.68. The molecular weight excluding hydrogens is 384 g/mol. The number of hydrogen-bond acceptors (Lipinski definition) is 8. The molecule has 0 fully saturated rings. The van der Waals surface area contributed by atoms with E-state index < -0.39 is 0 Å². The maximum atomic E-state index is 9.35. The number of anilines is 1. The number of guanidine groups is 1. The van der Waals surface area contributed by atoms with Gasteiger partial charge in [-0.05, 0) is 24.3 Å². The van der Waals surface area contributed by atoms with Crippen molar-refractivity contribution in [2.45, 2.75) is 6.17 Å². The maximum Gasteiger partial charge on any atom is 0.216 e. The van der Waals surface area contributed by atoms with E-state index in [1.165, 1.54) is 0 Å². The van der Waals surface area contributed by atoms with Gasteiger partial charge in [0.2, 0.25) is 11.9 Å². The number of ether oxygens (including phenoxy) is 2. The number of fused-ring (bicyclic) bond motifs is 5. The van der Waals surface area contributed by atoms with Gasteiger partial charge in [-0.15, -0.1) is 0 Å². The van der Waals surface area contributed by atoms with E-state index in [0.29, 0.717) is 19.9 Å². The number of nitrogens with zero attached hydrogens (tertiary/aromatic N) is 5. The second kappa shape index (κ2) is 7.51. The minimum Gasteiger partial charge on any atom is -0.497 e. The van der Waals surface area contributed by atoms with Gasteiger partial charge in [0.05, 0.1) is 45.2 Å². The van der Waals surface area contributed by atoms with Gasteiger partial charge < -0.3 is 19.9 Å². The van der Waals surface area contributed by atoms with Crippen LogP contribution in [-0.2, 0) is 0 Å². The van der Waals surface area contributed by atoms with E-state index in [4.69, 9.17) is 19.5 Å². The molecule has 2 aliphatic rings. The Bertz CT molecular complexity index is 1110. The van der Waals surface area contributed by atoms with Gasteiger partial charge in [0.25, 0.3) is 0 Å². The van der Waals surface area contributed by atoms with Crippen LogP contribution in [0, 0.1) is 0 Å². The molecule has 0 unspecified atom stereocenters. The first-order valence-electron chi connectivity index (χ1n) is 9.84. The summed E-state index contributed by atoms with van der Waals surface area (Å²) in [5.41, 5.74) is 2.89. The standard InChI is InChI=1S/C21H24N6O3/c1-29-14-7-8-15(18(11-14)30-2)19-24-20-22-12-25(9-10-28)13-26(20)21-23-16-5-3-4-6-17(16)27(19)21/h3-8,11,19,28H,9-10,12-13H2,1-2H3,(H,22,24)/t19-/m0/s1. The van der Waals surface area contributed by atoms with Gasteiger partial charge in [0.15, 0.2) is 0 Å². The molecule has 9 heteroatoms. The van der Waals surface area contributed by atoms with Gasteiger partial charge in [-0.1, -0.05) is 12.1 Å². The number of aliphatic hydroxyl groups is 1. The van der Waals surface area contributed by atoms with Gasteiger partial charge in [0.1, 0.15) is 17.7 Å². The van der Waals surface area contributed by atoms with Crippen molar-refractivity contribution >= 4 is 22.9 Å². The lowest BCUT2D eigenvalue weighted by Gasteiger charge is -2.41. The second-order valence-electron chi connectivity index (χ2n) is 7.24. The fraction of sp³-hybridized carbons (Fsp3) is 0.333. The fourth-order valence-corrected chi connectivity index (χ4v) is 4.05. The molecule has 2 aliphatic heterocycles. The van der Waals surface area contributed by atoms with E-state index in [0.717, 1.165) is 40.0 Å². The van der Waals surface area contributed by atoms with Crippen molar-refractivity contribution < 1.29 is 14.6 Å². The van der Waals surface area contributed by atoms with Crippen LogP contribution in [-0.4, -0.2) is 66.2 Å². The van der Waals surface area contributed by atoms with Crippen molar-refractivity contribution in [2.75, 3.05) is 45.6 Å². The van der Waals surface area contributed by atoms with E-state index in [2.05, 4.69) is 20.9 Å². The lowest BCUT2D eigenvalue weighted by Crippen LogP contribution is -2.57. The molecule has 1 atom stereocenters. The topological polar surface area (TPSA) is 87.4 Å². The van der Waals surface area contributed by atoms with Crippen LogP contribution in [0.2, 0.25) is 0 Å². The number of nitrogens with one attached hydrogen (secondary N) is 1. The summed E-state index contributed by atoms with van der Waals surface area (Å²) in [6.07, 6.45) is -0.243. The number of β-amino-alcohol motifs (C(OH)–C–C–N with tert-alkyl or cyclic N) is 1. The number of aliphatic imine (C=N–C) groups is 1. The second-order valence-corrected chi connectivity index (χ2v) is 7.24. The number of methoxy groups -OCH3 is 2. The zero-order chi connectivity index (χ0) is 20.7. The summed E-state index contributed by atoms with van der Waals surface area (Å²) in [6.45, 7) is 1.77. The fourth-order valence-electron chi connectivity index (χ4n) is 4.05. The van der Waals surface area contributed by atoms with Crippen LogP contribution in [0.4, 0.5) is 5.95 Å². The maximum absolute atomic E-state index is 9.35. The number of aromatic nitrogens is 2. The Morgan fingerprint density at radius 1 is 1.17 bits per heavy atom. The van der Waals surface area contributed by atoms with E-state index in [9.17, 15) is 5.11 Å². The highest BCUT2D eigenvalue weighted by Gasteiger charge is 2.36. The number of para-hydroxylation sites is 2. The average Bonchev–Trinajstić information content (AvgIpc) is 3.18. The number of hydrogen-bond donors (Lipinski definition) is 2. The Kier molecular flexibility index (Phi) is 4.68.